The minimum Gasteiger partial charge on any atom is -0.394 e. The summed E-state index contributed by atoms with van der Waals surface area (Å²) >= 11 is 0. The highest BCUT2D eigenvalue weighted by atomic mass is 16.7. The average Bonchev–Trinajstić information content (AvgIpc) is 3.40. The van der Waals surface area contributed by atoms with Crippen molar-refractivity contribution in [2.75, 3.05) is 13.2 Å². The Morgan fingerprint density at radius 1 is 0.473 bits per heavy atom. The van der Waals surface area contributed by atoms with Gasteiger partial charge in [0.15, 0.2) is 6.29 Å². The SMILES string of the molecule is CC/C=C\C/C=C\C/C=C\C/C=C\C/C=C\C/C=C\C/C=C\C/C=C\C/C=C\C/C=C\C/C=C\C/C=C\CCCCC(=O)NC(COC1OC(CO)C(O)C(O)C1O)C(O)CCCCCCCCCCCCCC. The number of allylic oxidation sites excluding steroid dienone is 24. The molecule has 0 aromatic carbocycles. The molecular formula is C65H105NO8. The Hall–Kier alpha value is -3.93. The third-order valence-corrected chi connectivity index (χ3v) is 12.7. The van der Waals surface area contributed by atoms with Crippen molar-refractivity contribution in [1.82, 2.24) is 5.32 Å². The van der Waals surface area contributed by atoms with E-state index in [4.69, 9.17) is 9.47 Å². The number of ether oxygens (including phenoxy) is 2. The molecule has 9 nitrogen and oxygen atoms in total. The van der Waals surface area contributed by atoms with E-state index in [1.165, 1.54) is 57.8 Å². The third-order valence-electron chi connectivity index (χ3n) is 12.7. The first kappa shape index (κ1) is 68.1. The van der Waals surface area contributed by atoms with Crippen molar-refractivity contribution in [2.45, 2.75) is 243 Å². The highest BCUT2D eigenvalue weighted by Crippen LogP contribution is 2.23. The Morgan fingerprint density at radius 3 is 1.22 bits per heavy atom. The molecule has 1 aliphatic rings. The molecule has 1 heterocycles. The van der Waals surface area contributed by atoms with E-state index in [9.17, 15) is 30.3 Å². The minimum absolute atomic E-state index is 0.165. The molecule has 0 aromatic heterocycles. The fourth-order valence-corrected chi connectivity index (χ4v) is 8.14. The fourth-order valence-electron chi connectivity index (χ4n) is 8.14. The monoisotopic (exact) mass is 1030 g/mol. The summed E-state index contributed by atoms with van der Waals surface area (Å²) in [5, 5.41) is 54.5. The molecule has 0 saturated carbocycles. The van der Waals surface area contributed by atoms with Gasteiger partial charge >= 0.3 is 0 Å². The first-order valence-corrected chi connectivity index (χ1v) is 29.0. The fraction of sp³-hybridized carbons (Fsp3) is 0.615. The van der Waals surface area contributed by atoms with Gasteiger partial charge in [-0.25, -0.2) is 0 Å². The topological polar surface area (TPSA) is 149 Å². The number of rotatable bonds is 47. The quantitative estimate of drug-likeness (QED) is 0.0261. The molecular weight excluding hydrogens is 923 g/mol. The van der Waals surface area contributed by atoms with Gasteiger partial charge < -0.3 is 40.3 Å². The predicted molar refractivity (Wildman–Crippen MR) is 313 cm³/mol. The molecule has 7 atom stereocenters. The van der Waals surface area contributed by atoms with Crippen LogP contribution in [0.15, 0.2) is 146 Å². The van der Waals surface area contributed by atoms with Gasteiger partial charge in [-0.15, -0.1) is 0 Å². The number of carbonyl (C=O) groups excluding carboxylic acids is 1. The highest BCUT2D eigenvalue weighted by molar-refractivity contribution is 5.76. The molecule has 6 N–H and O–H groups in total. The Labute approximate surface area is 451 Å². The molecule has 0 aliphatic carbocycles. The number of carbonyl (C=O) groups is 1. The molecule has 1 fully saturated rings. The van der Waals surface area contributed by atoms with Crippen LogP contribution in [0.25, 0.3) is 0 Å². The normalized spacial score (nSPS) is 20.1. The highest BCUT2D eigenvalue weighted by Gasteiger charge is 2.44. The molecule has 0 bridgehead atoms. The summed E-state index contributed by atoms with van der Waals surface area (Å²) < 4.78 is 11.3. The maximum Gasteiger partial charge on any atom is 0.220 e. The molecule has 0 spiro atoms. The largest absolute Gasteiger partial charge is 0.394 e. The number of amides is 1. The number of hydrogen-bond donors (Lipinski definition) is 6. The number of hydrogen-bond acceptors (Lipinski definition) is 8. The van der Waals surface area contributed by atoms with Gasteiger partial charge in [-0.1, -0.05) is 237 Å². The molecule has 1 amide bonds. The minimum atomic E-state index is -1.57. The summed E-state index contributed by atoms with van der Waals surface area (Å²) in [6.45, 7) is 3.67. The summed E-state index contributed by atoms with van der Waals surface area (Å²) in [6, 6.07) is -0.752. The molecule has 7 unspecified atom stereocenters. The summed E-state index contributed by atoms with van der Waals surface area (Å²) in [5.74, 6) is -0.194. The second-order valence-corrected chi connectivity index (χ2v) is 19.4. The van der Waals surface area contributed by atoms with E-state index in [2.05, 4.69) is 165 Å². The predicted octanol–water partition coefficient (Wildman–Crippen LogP) is 14.7. The lowest BCUT2D eigenvalue weighted by molar-refractivity contribution is -0.302. The maximum atomic E-state index is 13.0. The van der Waals surface area contributed by atoms with Crippen molar-refractivity contribution in [3.05, 3.63) is 146 Å². The Morgan fingerprint density at radius 2 is 0.838 bits per heavy atom. The molecule has 9 heteroatoms. The zero-order valence-corrected chi connectivity index (χ0v) is 46.3. The lowest BCUT2D eigenvalue weighted by atomic mass is 9.99. The second-order valence-electron chi connectivity index (χ2n) is 19.4. The van der Waals surface area contributed by atoms with Gasteiger partial charge in [-0.3, -0.25) is 4.79 Å². The molecule has 74 heavy (non-hydrogen) atoms. The van der Waals surface area contributed by atoms with E-state index in [1.54, 1.807) is 0 Å². The first-order valence-electron chi connectivity index (χ1n) is 29.0. The van der Waals surface area contributed by atoms with E-state index < -0.39 is 49.5 Å². The van der Waals surface area contributed by atoms with Crippen molar-refractivity contribution in [2.24, 2.45) is 0 Å². The zero-order valence-electron chi connectivity index (χ0n) is 46.3. The van der Waals surface area contributed by atoms with Crippen molar-refractivity contribution >= 4 is 5.91 Å². The van der Waals surface area contributed by atoms with Crippen molar-refractivity contribution in [1.29, 1.82) is 0 Å². The van der Waals surface area contributed by atoms with Crippen LogP contribution in [0.1, 0.15) is 200 Å². The number of nitrogens with one attached hydrogen (secondary N) is 1. The van der Waals surface area contributed by atoms with Crippen molar-refractivity contribution < 1.29 is 39.8 Å². The van der Waals surface area contributed by atoms with Crippen LogP contribution in [0.2, 0.25) is 0 Å². The summed E-state index contributed by atoms with van der Waals surface area (Å²) in [5.41, 5.74) is 0. The summed E-state index contributed by atoms with van der Waals surface area (Å²) in [4.78, 5) is 13.0. The molecule has 0 aromatic rings. The second kappa shape index (κ2) is 52.5. The molecule has 0 radical (unpaired) electrons. The van der Waals surface area contributed by atoms with Crippen molar-refractivity contribution in [3.8, 4) is 0 Å². The Balaban J connectivity index is 2.21. The van der Waals surface area contributed by atoms with E-state index in [1.807, 2.05) is 0 Å². The van der Waals surface area contributed by atoms with Gasteiger partial charge in [-0.2, -0.15) is 0 Å². The van der Waals surface area contributed by atoms with Gasteiger partial charge in [0, 0.05) is 6.42 Å². The van der Waals surface area contributed by atoms with Crippen LogP contribution >= 0.6 is 0 Å². The maximum absolute atomic E-state index is 13.0. The van der Waals surface area contributed by atoms with Gasteiger partial charge in [-0.05, 0) is 103 Å². The van der Waals surface area contributed by atoms with Crippen LogP contribution in [-0.4, -0.2) is 87.5 Å². The zero-order chi connectivity index (χ0) is 53.6. The number of unbranched alkanes of at least 4 members (excludes halogenated alkanes) is 13. The Bertz CT molecular complexity index is 1660. The van der Waals surface area contributed by atoms with Crippen LogP contribution in [0, 0.1) is 0 Å². The van der Waals surface area contributed by atoms with E-state index in [0.717, 1.165) is 109 Å². The van der Waals surface area contributed by atoms with E-state index in [-0.39, 0.29) is 12.5 Å². The Kier molecular flexibility index (Phi) is 48.3. The lowest BCUT2D eigenvalue weighted by Crippen LogP contribution is -2.60. The number of aliphatic hydroxyl groups excluding tert-OH is 5. The molecule has 1 saturated heterocycles. The standard InChI is InChI=1S/C65H105NO8/c1-3-5-7-9-11-13-15-17-18-19-20-21-22-23-24-25-26-27-28-29-30-31-32-33-34-35-36-37-38-39-40-41-42-43-45-47-49-51-53-55-61(69)66-58(57-73-65-64(72)63(71)62(70)60(56-67)74-65)59(68)54-52-50-48-46-44-16-14-12-10-8-6-4-2/h5,7,11,13,17-18,20-21,23-24,26-27,29-30,32-33,35-36,38-39,41-42,45,47,58-60,62-65,67-68,70-72H,3-4,6,8-10,12,14-16,19,22,25,28,31,34,37,40,43-44,46,48-57H2,1-2H3,(H,66,69)/b7-5-,13-11-,18-17-,21-20-,24-23-,27-26-,30-29-,33-32-,36-35-,39-38-,42-41-,47-45-. The lowest BCUT2D eigenvalue weighted by Gasteiger charge is -2.40. The first-order chi connectivity index (χ1) is 36.3. The van der Waals surface area contributed by atoms with Crippen LogP contribution in [0.4, 0.5) is 0 Å². The van der Waals surface area contributed by atoms with Gasteiger partial charge in [0.2, 0.25) is 5.91 Å². The molecule has 1 rings (SSSR count). The smallest absolute Gasteiger partial charge is 0.220 e. The average molecular weight is 1030 g/mol. The van der Waals surface area contributed by atoms with Gasteiger partial charge in [0.1, 0.15) is 24.4 Å². The van der Waals surface area contributed by atoms with Crippen LogP contribution < -0.4 is 5.32 Å². The molecule has 418 valence electrons. The van der Waals surface area contributed by atoms with Gasteiger partial charge in [0.25, 0.3) is 0 Å². The van der Waals surface area contributed by atoms with Crippen LogP contribution in [-0.2, 0) is 14.3 Å². The van der Waals surface area contributed by atoms with E-state index in [0.29, 0.717) is 19.3 Å². The van der Waals surface area contributed by atoms with Crippen LogP contribution in [0.3, 0.4) is 0 Å². The van der Waals surface area contributed by atoms with Gasteiger partial charge in [0.05, 0.1) is 25.4 Å². The van der Waals surface area contributed by atoms with Crippen molar-refractivity contribution in [3.63, 3.8) is 0 Å². The molecule has 1 aliphatic heterocycles. The third kappa shape index (κ3) is 41.3. The van der Waals surface area contributed by atoms with E-state index >= 15 is 0 Å². The summed E-state index contributed by atoms with van der Waals surface area (Å²) in [7, 11) is 0. The number of aliphatic hydroxyl groups is 5. The van der Waals surface area contributed by atoms with Crippen LogP contribution in [0.5, 0.6) is 0 Å². The summed E-state index contributed by atoms with van der Waals surface area (Å²) in [6.07, 6.45) is 74.5.